The van der Waals surface area contributed by atoms with Crippen molar-refractivity contribution in [3.63, 3.8) is 0 Å². The predicted octanol–water partition coefficient (Wildman–Crippen LogP) is 2.35. The van der Waals surface area contributed by atoms with Gasteiger partial charge in [-0.15, -0.1) is 0 Å². The number of aryl methyl sites for hydroxylation is 1. The average molecular weight is 335 g/mol. The molecule has 2 saturated heterocycles. The summed E-state index contributed by atoms with van der Waals surface area (Å²) in [5.41, 5.74) is 11.1. The van der Waals surface area contributed by atoms with Gasteiger partial charge < -0.3 is 15.5 Å². The molecule has 0 amide bonds. The maximum Gasteiger partial charge on any atom is 0.222 e. The molecule has 130 valence electrons. The molecule has 0 saturated carbocycles. The van der Waals surface area contributed by atoms with Crippen LogP contribution < -0.4 is 10.6 Å². The molecule has 3 aliphatic rings. The number of fused-ring (bicyclic) bond motifs is 4. The number of likely N-dealkylation sites (tertiary alicyclic amines) is 1. The number of aromatic nitrogens is 2. The predicted molar refractivity (Wildman–Crippen MR) is 101 cm³/mol. The van der Waals surface area contributed by atoms with Crippen LogP contribution in [0.15, 0.2) is 24.3 Å². The third-order valence-corrected chi connectivity index (χ3v) is 6.27. The van der Waals surface area contributed by atoms with Crippen molar-refractivity contribution in [3.8, 4) is 11.3 Å². The number of hydrogen-bond donors (Lipinski definition) is 1. The van der Waals surface area contributed by atoms with Gasteiger partial charge in [-0.3, -0.25) is 0 Å². The summed E-state index contributed by atoms with van der Waals surface area (Å²) in [6.07, 6.45) is 4.56. The van der Waals surface area contributed by atoms with Gasteiger partial charge >= 0.3 is 0 Å². The maximum atomic E-state index is 6.14. The molecule has 2 fully saturated rings. The molecule has 2 aliphatic heterocycles. The molecule has 2 aromatic rings. The van der Waals surface area contributed by atoms with Crippen molar-refractivity contribution >= 4 is 11.8 Å². The van der Waals surface area contributed by atoms with E-state index in [2.05, 4.69) is 46.1 Å². The topological polar surface area (TPSA) is 58.3 Å². The first-order valence-corrected chi connectivity index (χ1v) is 9.40. The van der Waals surface area contributed by atoms with Crippen LogP contribution in [0, 0.1) is 5.92 Å². The van der Waals surface area contributed by atoms with E-state index in [9.17, 15) is 0 Å². The lowest BCUT2D eigenvalue weighted by molar-refractivity contribution is 0.310. The van der Waals surface area contributed by atoms with Crippen molar-refractivity contribution in [3.05, 3.63) is 35.4 Å². The van der Waals surface area contributed by atoms with Crippen molar-refractivity contribution < 1.29 is 0 Å². The minimum absolute atomic E-state index is 0.399. The van der Waals surface area contributed by atoms with E-state index in [1.54, 1.807) is 0 Å². The SMILES string of the molecule is CN1CC[C@@H]2CN(c3nc(N)nc4c3CCCc3ccccc3-4)C[C@@H]21. The van der Waals surface area contributed by atoms with Gasteiger partial charge in [0.2, 0.25) is 5.95 Å². The molecule has 0 unspecified atom stereocenters. The van der Waals surface area contributed by atoms with Gasteiger partial charge in [0.15, 0.2) is 0 Å². The van der Waals surface area contributed by atoms with Crippen LogP contribution in [-0.4, -0.2) is 47.6 Å². The number of benzene rings is 1. The zero-order chi connectivity index (χ0) is 17.0. The molecule has 5 nitrogen and oxygen atoms in total. The minimum Gasteiger partial charge on any atom is -0.368 e. The number of anilines is 2. The second-order valence-electron chi connectivity index (χ2n) is 7.74. The number of rotatable bonds is 1. The Hall–Kier alpha value is -2.14. The molecule has 5 rings (SSSR count). The molecule has 2 N–H and O–H groups in total. The minimum atomic E-state index is 0.399. The Bertz CT molecular complexity index is 818. The van der Waals surface area contributed by atoms with Crippen LogP contribution in [0.5, 0.6) is 0 Å². The highest BCUT2D eigenvalue weighted by Crippen LogP contribution is 2.39. The van der Waals surface area contributed by atoms with Gasteiger partial charge in [-0.05, 0) is 50.8 Å². The van der Waals surface area contributed by atoms with E-state index >= 15 is 0 Å². The van der Waals surface area contributed by atoms with Crippen LogP contribution in [0.1, 0.15) is 24.0 Å². The Morgan fingerprint density at radius 1 is 1.12 bits per heavy atom. The monoisotopic (exact) mass is 335 g/mol. The van der Waals surface area contributed by atoms with Gasteiger partial charge in [-0.25, -0.2) is 4.98 Å². The molecule has 0 spiro atoms. The molecule has 3 heterocycles. The number of nitrogens with zero attached hydrogens (tertiary/aromatic N) is 4. The van der Waals surface area contributed by atoms with Crippen LogP contribution in [0.4, 0.5) is 11.8 Å². The zero-order valence-corrected chi connectivity index (χ0v) is 14.8. The summed E-state index contributed by atoms with van der Waals surface area (Å²) in [6.45, 7) is 3.38. The largest absolute Gasteiger partial charge is 0.368 e. The van der Waals surface area contributed by atoms with E-state index in [1.807, 2.05) is 0 Å². The number of hydrogen-bond acceptors (Lipinski definition) is 5. The summed E-state index contributed by atoms with van der Waals surface area (Å²) in [6, 6.07) is 9.28. The van der Waals surface area contributed by atoms with Crippen molar-refractivity contribution in [2.45, 2.75) is 31.7 Å². The van der Waals surface area contributed by atoms with Crippen LogP contribution in [-0.2, 0) is 12.8 Å². The number of nitrogens with two attached hydrogens (primary N) is 1. The van der Waals surface area contributed by atoms with Gasteiger partial charge in [-0.1, -0.05) is 24.3 Å². The smallest absolute Gasteiger partial charge is 0.222 e. The molecule has 1 aromatic carbocycles. The van der Waals surface area contributed by atoms with E-state index in [1.165, 1.54) is 29.7 Å². The highest BCUT2D eigenvalue weighted by Gasteiger charge is 2.41. The van der Waals surface area contributed by atoms with Gasteiger partial charge in [0.05, 0.1) is 5.69 Å². The lowest BCUT2D eigenvalue weighted by atomic mass is 10.0. The third-order valence-electron chi connectivity index (χ3n) is 6.27. The van der Waals surface area contributed by atoms with Crippen LogP contribution in [0.25, 0.3) is 11.3 Å². The van der Waals surface area contributed by atoms with Crippen molar-refractivity contribution in [2.75, 3.05) is 37.3 Å². The summed E-state index contributed by atoms with van der Waals surface area (Å²) >= 11 is 0. The molecule has 0 radical (unpaired) electrons. The first-order chi connectivity index (χ1) is 12.2. The van der Waals surface area contributed by atoms with Crippen molar-refractivity contribution in [2.24, 2.45) is 5.92 Å². The summed E-state index contributed by atoms with van der Waals surface area (Å²) in [5.74, 6) is 2.24. The molecular formula is C20H25N5. The first kappa shape index (κ1) is 15.1. The van der Waals surface area contributed by atoms with E-state index < -0.39 is 0 Å². The number of likely N-dealkylation sites (N-methyl/N-ethyl adjacent to an activating group) is 1. The Kier molecular flexibility index (Phi) is 3.45. The van der Waals surface area contributed by atoms with Crippen LogP contribution in [0.2, 0.25) is 0 Å². The van der Waals surface area contributed by atoms with Gasteiger partial charge in [0, 0.05) is 30.3 Å². The highest BCUT2D eigenvalue weighted by molar-refractivity contribution is 5.74. The molecule has 25 heavy (non-hydrogen) atoms. The lowest BCUT2D eigenvalue weighted by Gasteiger charge is -2.24. The third kappa shape index (κ3) is 2.41. The summed E-state index contributed by atoms with van der Waals surface area (Å²) in [4.78, 5) is 14.3. The average Bonchev–Trinajstić information content (AvgIpc) is 3.12. The Morgan fingerprint density at radius 2 is 2.00 bits per heavy atom. The van der Waals surface area contributed by atoms with Gasteiger partial charge in [-0.2, -0.15) is 4.98 Å². The van der Waals surface area contributed by atoms with Crippen LogP contribution >= 0.6 is 0 Å². The number of nitrogen functional groups attached to an aromatic ring is 1. The summed E-state index contributed by atoms with van der Waals surface area (Å²) in [7, 11) is 2.25. The molecular weight excluding hydrogens is 310 g/mol. The first-order valence-electron chi connectivity index (χ1n) is 9.40. The van der Waals surface area contributed by atoms with Crippen LogP contribution in [0.3, 0.4) is 0 Å². The molecule has 5 heteroatoms. The summed E-state index contributed by atoms with van der Waals surface area (Å²) in [5, 5.41) is 0. The molecule has 1 aliphatic carbocycles. The molecule has 1 aromatic heterocycles. The van der Waals surface area contributed by atoms with E-state index in [-0.39, 0.29) is 0 Å². The van der Waals surface area contributed by atoms with Crippen molar-refractivity contribution in [1.82, 2.24) is 14.9 Å². The quantitative estimate of drug-likeness (QED) is 0.867. The second-order valence-corrected chi connectivity index (χ2v) is 7.74. The maximum absolute atomic E-state index is 6.14. The van der Waals surface area contributed by atoms with Gasteiger partial charge in [0.25, 0.3) is 0 Å². The fraction of sp³-hybridized carbons (Fsp3) is 0.500. The second kappa shape index (κ2) is 5.70. The summed E-state index contributed by atoms with van der Waals surface area (Å²) < 4.78 is 0. The normalized spacial score (nSPS) is 25.4. The Morgan fingerprint density at radius 3 is 2.88 bits per heavy atom. The van der Waals surface area contributed by atoms with E-state index in [0.717, 1.165) is 49.8 Å². The Balaban J connectivity index is 1.60. The van der Waals surface area contributed by atoms with E-state index in [4.69, 9.17) is 10.7 Å². The van der Waals surface area contributed by atoms with Gasteiger partial charge in [0.1, 0.15) is 5.82 Å². The lowest BCUT2D eigenvalue weighted by Crippen LogP contribution is -2.33. The molecule has 2 atom stereocenters. The Labute approximate surface area is 148 Å². The fourth-order valence-corrected chi connectivity index (χ4v) is 4.97. The fourth-order valence-electron chi connectivity index (χ4n) is 4.97. The zero-order valence-electron chi connectivity index (χ0n) is 14.8. The standard InChI is InChI=1S/C20H25N5/c1-24-10-9-14-11-25(12-17(14)24)19-16-8-4-6-13-5-2-3-7-15(13)18(16)22-20(21)23-19/h2-3,5,7,14,17H,4,6,8-12H2,1H3,(H2,21,22,23)/t14-,17+/m1/s1. The highest BCUT2D eigenvalue weighted by atomic mass is 15.3. The van der Waals surface area contributed by atoms with Crippen molar-refractivity contribution in [1.29, 1.82) is 0 Å². The van der Waals surface area contributed by atoms with E-state index in [0.29, 0.717) is 12.0 Å². The molecule has 0 bridgehead atoms.